The molecule has 5 nitrogen and oxygen atoms in total. The summed E-state index contributed by atoms with van der Waals surface area (Å²) in [4.78, 5) is 8.75. The van der Waals surface area contributed by atoms with Gasteiger partial charge in [-0.1, -0.05) is 53.5 Å². The molecule has 0 fully saturated rings. The van der Waals surface area contributed by atoms with Crippen LogP contribution in [0.4, 0.5) is 0 Å². The van der Waals surface area contributed by atoms with Crippen LogP contribution in [0, 0.1) is 18.3 Å². The Morgan fingerprint density at radius 3 is 2.57 bits per heavy atom. The number of benzene rings is 2. The standard InChI is InChI=1S/C23H17Cl2N5/c1-15-9-19(20(12-26)23(29-15)18-8-7-17(24)11-21(18)25)22(30-14-27-13-28-30)10-16-5-3-2-4-6-16/h2-9,11,13-14,22H,10H2,1H3. The molecule has 0 radical (unpaired) electrons. The number of aryl methyl sites for hydroxylation is 1. The third-order valence-corrected chi connectivity index (χ3v) is 5.41. The molecule has 1 atom stereocenters. The Morgan fingerprint density at radius 2 is 1.90 bits per heavy atom. The van der Waals surface area contributed by atoms with Gasteiger partial charge in [0.05, 0.1) is 22.3 Å². The molecule has 7 heteroatoms. The zero-order valence-electron chi connectivity index (χ0n) is 16.1. The summed E-state index contributed by atoms with van der Waals surface area (Å²) >= 11 is 12.5. The van der Waals surface area contributed by atoms with Gasteiger partial charge < -0.3 is 0 Å². The highest BCUT2D eigenvalue weighted by molar-refractivity contribution is 6.36. The molecule has 0 saturated heterocycles. The maximum Gasteiger partial charge on any atom is 0.137 e. The van der Waals surface area contributed by atoms with Crippen molar-refractivity contribution in [3.63, 3.8) is 0 Å². The lowest BCUT2D eigenvalue weighted by molar-refractivity contribution is 0.517. The molecule has 2 aromatic carbocycles. The van der Waals surface area contributed by atoms with Crippen LogP contribution in [0.5, 0.6) is 0 Å². The first kappa shape index (κ1) is 20.1. The highest BCUT2D eigenvalue weighted by Gasteiger charge is 2.24. The molecule has 0 aliphatic heterocycles. The minimum Gasteiger partial charge on any atom is -0.252 e. The largest absolute Gasteiger partial charge is 0.252 e. The van der Waals surface area contributed by atoms with E-state index in [1.165, 1.54) is 6.33 Å². The molecule has 0 aliphatic carbocycles. The number of aromatic nitrogens is 4. The van der Waals surface area contributed by atoms with Gasteiger partial charge in [0.15, 0.2) is 0 Å². The summed E-state index contributed by atoms with van der Waals surface area (Å²) in [5, 5.41) is 15.4. The van der Waals surface area contributed by atoms with Gasteiger partial charge in [0, 0.05) is 16.3 Å². The highest BCUT2D eigenvalue weighted by atomic mass is 35.5. The molecule has 30 heavy (non-hydrogen) atoms. The van der Waals surface area contributed by atoms with Crippen molar-refractivity contribution < 1.29 is 0 Å². The zero-order chi connectivity index (χ0) is 21.1. The lowest BCUT2D eigenvalue weighted by Crippen LogP contribution is -2.17. The van der Waals surface area contributed by atoms with E-state index in [1.54, 1.807) is 29.2 Å². The van der Waals surface area contributed by atoms with Gasteiger partial charge >= 0.3 is 0 Å². The molecule has 4 rings (SSSR count). The Bertz CT molecular complexity index is 1210. The van der Waals surface area contributed by atoms with Crippen LogP contribution in [0.1, 0.15) is 28.4 Å². The number of rotatable bonds is 5. The van der Waals surface area contributed by atoms with Gasteiger partial charge in [-0.15, -0.1) is 0 Å². The smallest absolute Gasteiger partial charge is 0.137 e. The van der Waals surface area contributed by atoms with Crippen molar-refractivity contribution in [2.24, 2.45) is 0 Å². The average molecular weight is 434 g/mol. The van der Waals surface area contributed by atoms with Gasteiger partial charge in [-0.05, 0) is 48.7 Å². The van der Waals surface area contributed by atoms with E-state index in [0.29, 0.717) is 33.3 Å². The van der Waals surface area contributed by atoms with Crippen molar-refractivity contribution in [2.75, 3.05) is 0 Å². The van der Waals surface area contributed by atoms with Crippen LogP contribution in [0.15, 0.2) is 67.3 Å². The van der Waals surface area contributed by atoms with Crippen molar-refractivity contribution in [2.45, 2.75) is 19.4 Å². The van der Waals surface area contributed by atoms with Gasteiger partial charge in [-0.2, -0.15) is 10.4 Å². The predicted molar refractivity (Wildman–Crippen MR) is 117 cm³/mol. The second kappa shape index (κ2) is 8.66. The highest BCUT2D eigenvalue weighted by Crippen LogP contribution is 2.35. The minimum atomic E-state index is -0.226. The van der Waals surface area contributed by atoms with Crippen molar-refractivity contribution in [1.29, 1.82) is 5.26 Å². The van der Waals surface area contributed by atoms with Crippen LogP contribution < -0.4 is 0 Å². The van der Waals surface area contributed by atoms with E-state index in [4.69, 9.17) is 23.2 Å². The van der Waals surface area contributed by atoms with Crippen LogP contribution in [0.25, 0.3) is 11.3 Å². The molecule has 0 spiro atoms. The third-order valence-electron chi connectivity index (χ3n) is 4.86. The van der Waals surface area contributed by atoms with E-state index in [2.05, 4.69) is 33.3 Å². The third kappa shape index (κ3) is 4.06. The van der Waals surface area contributed by atoms with Crippen molar-refractivity contribution in [3.8, 4) is 17.3 Å². The molecule has 2 aromatic heterocycles. The van der Waals surface area contributed by atoms with Gasteiger partial charge in [0.1, 0.15) is 18.7 Å². The maximum atomic E-state index is 10.1. The summed E-state index contributed by atoms with van der Waals surface area (Å²) in [5.74, 6) is 0. The summed E-state index contributed by atoms with van der Waals surface area (Å²) in [6, 6.07) is 19.3. The molecular formula is C23H17Cl2N5. The number of pyridine rings is 1. The van der Waals surface area contributed by atoms with E-state index in [1.807, 2.05) is 31.2 Å². The van der Waals surface area contributed by atoms with Gasteiger partial charge in [-0.3, -0.25) is 4.98 Å². The van der Waals surface area contributed by atoms with Crippen LogP contribution in [0.2, 0.25) is 10.0 Å². The number of hydrogen-bond donors (Lipinski definition) is 0. The van der Waals surface area contributed by atoms with E-state index in [-0.39, 0.29) is 6.04 Å². The Balaban J connectivity index is 1.91. The van der Waals surface area contributed by atoms with Gasteiger partial charge in [0.25, 0.3) is 0 Å². The Kier molecular flexibility index (Phi) is 5.80. The van der Waals surface area contributed by atoms with E-state index in [0.717, 1.165) is 16.8 Å². The van der Waals surface area contributed by atoms with E-state index >= 15 is 0 Å². The summed E-state index contributed by atoms with van der Waals surface area (Å²) in [6.07, 6.45) is 3.81. The summed E-state index contributed by atoms with van der Waals surface area (Å²) < 4.78 is 1.77. The Morgan fingerprint density at radius 1 is 1.10 bits per heavy atom. The fourth-order valence-corrected chi connectivity index (χ4v) is 4.01. The number of hydrogen-bond acceptors (Lipinski definition) is 4. The van der Waals surface area contributed by atoms with Crippen molar-refractivity contribution in [1.82, 2.24) is 19.7 Å². The Hall–Kier alpha value is -3.20. The van der Waals surface area contributed by atoms with Crippen molar-refractivity contribution in [3.05, 3.63) is 99.7 Å². The molecule has 2 heterocycles. The zero-order valence-corrected chi connectivity index (χ0v) is 17.6. The van der Waals surface area contributed by atoms with Crippen LogP contribution >= 0.6 is 23.2 Å². The molecule has 0 N–H and O–H groups in total. The minimum absolute atomic E-state index is 0.226. The summed E-state index contributed by atoms with van der Waals surface area (Å²) in [5.41, 5.74) is 4.39. The average Bonchev–Trinajstić information content (AvgIpc) is 3.27. The molecule has 1 unspecified atom stereocenters. The van der Waals surface area contributed by atoms with Gasteiger partial charge in [0.2, 0.25) is 0 Å². The summed E-state index contributed by atoms with van der Waals surface area (Å²) in [6.45, 7) is 1.90. The molecule has 148 valence electrons. The van der Waals surface area contributed by atoms with E-state index in [9.17, 15) is 5.26 Å². The predicted octanol–water partition coefficient (Wildman–Crippen LogP) is 5.66. The first-order valence-corrected chi connectivity index (χ1v) is 10.1. The molecule has 0 bridgehead atoms. The Labute approximate surface area is 184 Å². The molecule has 0 aliphatic rings. The van der Waals surface area contributed by atoms with Crippen LogP contribution in [-0.4, -0.2) is 19.7 Å². The maximum absolute atomic E-state index is 10.1. The topological polar surface area (TPSA) is 67.4 Å². The molecule has 4 aromatic rings. The fraction of sp³-hybridized carbons (Fsp3) is 0.130. The lowest BCUT2D eigenvalue weighted by Gasteiger charge is -2.21. The lowest BCUT2D eigenvalue weighted by atomic mass is 9.92. The second-order valence-corrected chi connectivity index (χ2v) is 7.74. The monoisotopic (exact) mass is 433 g/mol. The van der Waals surface area contributed by atoms with E-state index < -0.39 is 0 Å². The van der Waals surface area contributed by atoms with Crippen molar-refractivity contribution >= 4 is 23.2 Å². The fourth-order valence-electron chi connectivity index (χ4n) is 3.52. The van der Waals surface area contributed by atoms with Crippen LogP contribution in [-0.2, 0) is 6.42 Å². The quantitative estimate of drug-likeness (QED) is 0.407. The molecule has 0 saturated carbocycles. The number of halogens is 2. The first-order chi connectivity index (χ1) is 14.6. The SMILES string of the molecule is Cc1cc(C(Cc2ccccc2)n2cncn2)c(C#N)c(-c2ccc(Cl)cc2Cl)n1. The molecule has 0 amide bonds. The number of nitriles is 1. The van der Waals surface area contributed by atoms with Crippen LogP contribution in [0.3, 0.4) is 0 Å². The normalized spacial score (nSPS) is 11.8. The van der Waals surface area contributed by atoms with Gasteiger partial charge in [-0.25, -0.2) is 9.67 Å². The summed E-state index contributed by atoms with van der Waals surface area (Å²) in [7, 11) is 0. The first-order valence-electron chi connectivity index (χ1n) is 9.32. The molecular weight excluding hydrogens is 417 g/mol. The number of nitrogens with zero attached hydrogens (tertiary/aromatic N) is 5. The second-order valence-electron chi connectivity index (χ2n) is 6.89.